The molecule has 0 radical (unpaired) electrons. The van der Waals surface area contributed by atoms with Gasteiger partial charge in [-0.2, -0.15) is 0 Å². The molecule has 1 unspecified atom stereocenters. The highest BCUT2D eigenvalue weighted by Gasteiger charge is 2.21. The van der Waals surface area contributed by atoms with Gasteiger partial charge in [-0.05, 0) is 12.3 Å². The minimum Gasteiger partial charge on any atom is -0.480 e. The van der Waals surface area contributed by atoms with E-state index in [0.717, 1.165) is 0 Å². The normalized spacial score (nSPS) is 11.7. The first-order chi connectivity index (χ1) is 8.86. The van der Waals surface area contributed by atoms with Gasteiger partial charge in [-0.25, -0.2) is 4.79 Å². The minimum absolute atomic E-state index is 0.0230. The first-order valence-corrected chi connectivity index (χ1v) is 6.26. The van der Waals surface area contributed by atoms with Gasteiger partial charge < -0.3 is 15.7 Å². The Bertz CT molecular complexity index is 340. The number of carbonyl (C=O) groups excluding carboxylic acids is 2. The third-order valence-electron chi connectivity index (χ3n) is 2.36. The van der Waals surface area contributed by atoms with E-state index in [4.69, 9.17) is 5.11 Å². The van der Waals surface area contributed by atoms with E-state index in [1.165, 1.54) is 0 Å². The van der Waals surface area contributed by atoms with E-state index in [9.17, 15) is 14.4 Å². The molecule has 1 atom stereocenters. The number of carbonyl (C=O) groups is 3. The van der Waals surface area contributed by atoms with Gasteiger partial charge in [0.25, 0.3) is 0 Å². The van der Waals surface area contributed by atoms with Crippen LogP contribution >= 0.6 is 0 Å². The Morgan fingerprint density at radius 3 is 2.26 bits per heavy atom. The summed E-state index contributed by atoms with van der Waals surface area (Å²) in [6, 6.07) is -0.899. The van der Waals surface area contributed by atoms with E-state index < -0.39 is 17.9 Å². The lowest BCUT2D eigenvalue weighted by Gasteiger charge is -2.16. The second-order valence-corrected chi connectivity index (χ2v) is 4.68. The Morgan fingerprint density at radius 2 is 1.79 bits per heavy atom. The molecule has 0 heterocycles. The standard InChI is InChI=1S/C13H22N2O4/c1-4-7-14-11(16)5-6-12(17)15-10(13(18)19)8-9(2)3/h4,9-10H,1,5-8H2,2-3H3,(H,14,16)(H,15,17)(H,18,19). The Balaban J connectivity index is 4.09. The molecule has 0 rings (SSSR count). The summed E-state index contributed by atoms with van der Waals surface area (Å²) < 4.78 is 0. The lowest BCUT2D eigenvalue weighted by atomic mass is 10.0. The van der Waals surface area contributed by atoms with Crippen molar-refractivity contribution in [2.45, 2.75) is 39.2 Å². The lowest BCUT2D eigenvalue weighted by Crippen LogP contribution is -2.42. The quantitative estimate of drug-likeness (QED) is 0.537. The lowest BCUT2D eigenvalue weighted by molar-refractivity contribution is -0.142. The average molecular weight is 270 g/mol. The maximum atomic E-state index is 11.5. The molecule has 0 fully saturated rings. The first kappa shape index (κ1) is 17.2. The van der Waals surface area contributed by atoms with Gasteiger partial charge >= 0.3 is 5.97 Å². The third-order valence-corrected chi connectivity index (χ3v) is 2.36. The van der Waals surface area contributed by atoms with E-state index >= 15 is 0 Å². The van der Waals surface area contributed by atoms with Crippen molar-refractivity contribution in [2.75, 3.05) is 6.54 Å². The Kier molecular flexibility index (Phi) is 8.24. The van der Waals surface area contributed by atoms with Crippen LogP contribution in [-0.2, 0) is 14.4 Å². The molecule has 0 saturated carbocycles. The summed E-state index contributed by atoms with van der Waals surface area (Å²) >= 11 is 0. The highest BCUT2D eigenvalue weighted by molar-refractivity contribution is 5.86. The molecule has 0 aliphatic carbocycles. The summed E-state index contributed by atoms with van der Waals surface area (Å²) in [6.07, 6.45) is 1.92. The topological polar surface area (TPSA) is 95.5 Å². The van der Waals surface area contributed by atoms with Gasteiger partial charge in [0.2, 0.25) is 11.8 Å². The predicted molar refractivity (Wildman–Crippen MR) is 71.5 cm³/mol. The van der Waals surface area contributed by atoms with Gasteiger partial charge in [0, 0.05) is 19.4 Å². The van der Waals surface area contributed by atoms with Crippen LogP contribution in [0.15, 0.2) is 12.7 Å². The van der Waals surface area contributed by atoms with E-state index in [0.29, 0.717) is 13.0 Å². The van der Waals surface area contributed by atoms with E-state index in [-0.39, 0.29) is 24.7 Å². The smallest absolute Gasteiger partial charge is 0.326 e. The first-order valence-electron chi connectivity index (χ1n) is 6.26. The summed E-state index contributed by atoms with van der Waals surface area (Å²) in [5.41, 5.74) is 0. The highest BCUT2D eigenvalue weighted by atomic mass is 16.4. The van der Waals surface area contributed by atoms with Crippen molar-refractivity contribution in [3.05, 3.63) is 12.7 Å². The fourth-order valence-corrected chi connectivity index (χ4v) is 1.46. The number of nitrogens with one attached hydrogen (secondary N) is 2. The largest absolute Gasteiger partial charge is 0.480 e. The number of hydrogen-bond donors (Lipinski definition) is 3. The van der Waals surface area contributed by atoms with Crippen LogP contribution in [0.2, 0.25) is 0 Å². The van der Waals surface area contributed by atoms with Crippen LogP contribution in [-0.4, -0.2) is 35.5 Å². The molecular formula is C13H22N2O4. The van der Waals surface area contributed by atoms with Crippen LogP contribution in [0.3, 0.4) is 0 Å². The van der Waals surface area contributed by atoms with Crippen LogP contribution in [0.5, 0.6) is 0 Å². The Labute approximate surface area is 113 Å². The molecule has 3 N–H and O–H groups in total. The third kappa shape index (κ3) is 8.82. The Morgan fingerprint density at radius 1 is 1.21 bits per heavy atom. The van der Waals surface area contributed by atoms with Gasteiger partial charge in [0.05, 0.1) is 0 Å². The summed E-state index contributed by atoms with van der Waals surface area (Å²) in [5.74, 6) is -1.58. The second-order valence-electron chi connectivity index (χ2n) is 4.68. The van der Waals surface area contributed by atoms with Crippen LogP contribution < -0.4 is 10.6 Å². The molecule has 2 amide bonds. The minimum atomic E-state index is -1.06. The van der Waals surface area contributed by atoms with Gasteiger partial charge in [-0.3, -0.25) is 9.59 Å². The van der Waals surface area contributed by atoms with E-state index in [1.54, 1.807) is 6.08 Å². The molecule has 108 valence electrons. The van der Waals surface area contributed by atoms with Crippen molar-refractivity contribution in [3.8, 4) is 0 Å². The number of rotatable bonds is 9. The van der Waals surface area contributed by atoms with Crippen LogP contribution in [0.1, 0.15) is 33.1 Å². The van der Waals surface area contributed by atoms with Crippen molar-refractivity contribution >= 4 is 17.8 Å². The van der Waals surface area contributed by atoms with E-state index in [1.807, 2.05) is 13.8 Å². The molecule has 0 aromatic carbocycles. The molecule has 0 saturated heterocycles. The van der Waals surface area contributed by atoms with Crippen molar-refractivity contribution in [1.82, 2.24) is 10.6 Å². The molecule has 0 aliphatic rings. The number of hydrogen-bond acceptors (Lipinski definition) is 3. The second kappa shape index (κ2) is 9.13. The number of carboxylic acid groups (broad SMARTS) is 1. The number of carboxylic acids is 1. The maximum Gasteiger partial charge on any atom is 0.326 e. The predicted octanol–water partition coefficient (Wildman–Crippen LogP) is 0.684. The molecule has 0 spiro atoms. The summed E-state index contributed by atoms with van der Waals surface area (Å²) in [6.45, 7) is 7.57. The molecule has 6 heteroatoms. The van der Waals surface area contributed by atoms with E-state index in [2.05, 4.69) is 17.2 Å². The zero-order valence-corrected chi connectivity index (χ0v) is 11.4. The fourth-order valence-electron chi connectivity index (χ4n) is 1.46. The molecular weight excluding hydrogens is 248 g/mol. The number of aliphatic carboxylic acids is 1. The van der Waals surface area contributed by atoms with Gasteiger partial charge in [-0.1, -0.05) is 19.9 Å². The van der Waals surface area contributed by atoms with Gasteiger partial charge in [-0.15, -0.1) is 6.58 Å². The van der Waals surface area contributed by atoms with Gasteiger partial charge in [0.1, 0.15) is 6.04 Å². The fraction of sp³-hybridized carbons (Fsp3) is 0.615. The molecule has 6 nitrogen and oxygen atoms in total. The van der Waals surface area contributed by atoms with Crippen molar-refractivity contribution < 1.29 is 19.5 Å². The molecule has 0 aliphatic heterocycles. The van der Waals surface area contributed by atoms with Crippen molar-refractivity contribution in [1.29, 1.82) is 0 Å². The van der Waals surface area contributed by atoms with Crippen LogP contribution in [0, 0.1) is 5.92 Å². The van der Waals surface area contributed by atoms with Crippen molar-refractivity contribution in [3.63, 3.8) is 0 Å². The summed E-state index contributed by atoms with van der Waals surface area (Å²) in [7, 11) is 0. The van der Waals surface area contributed by atoms with Crippen molar-refractivity contribution in [2.24, 2.45) is 5.92 Å². The van der Waals surface area contributed by atoms with Crippen LogP contribution in [0.4, 0.5) is 0 Å². The van der Waals surface area contributed by atoms with Gasteiger partial charge in [0.15, 0.2) is 0 Å². The summed E-state index contributed by atoms with van der Waals surface area (Å²) in [5, 5.41) is 13.9. The number of amides is 2. The Hall–Kier alpha value is -1.85. The zero-order valence-electron chi connectivity index (χ0n) is 11.4. The molecule has 0 aromatic heterocycles. The highest BCUT2D eigenvalue weighted by Crippen LogP contribution is 2.05. The monoisotopic (exact) mass is 270 g/mol. The molecule has 0 bridgehead atoms. The molecule has 19 heavy (non-hydrogen) atoms. The SMILES string of the molecule is C=CCNC(=O)CCC(=O)NC(CC(C)C)C(=O)O. The van der Waals surface area contributed by atoms with Crippen LogP contribution in [0.25, 0.3) is 0 Å². The summed E-state index contributed by atoms with van der Waals surface area (Å²) in [4.78, 5) is 33.7. The maximum absolute atomic E-state index is 11.5. The average Bonchev–Trinajstić information content (AvgIpc) is 2.32. The molecule has 0 aromatic rings. The zero-order chi connectivity index (χ0) is 14.8.